The van der Waals surface area contributed by atoms with Crippen LogP contribution in [0, 0.1) is 5.82 Å². The van der Waals surface area contributed by atoms with E-state index in [0.29, 0.717) is 6.54 Å². The van der Waals surface area contributed by atoms with Gasteiger partial charge in [0.1, 0.15) is 5.82 Å². The molecule has 0 atom stereocenters. The van der Waals surface area contributed by atoms with Gasteiger partial charge in [-0.1, -0.05) is 0 Å². The first kappa shape index (κ1) is 11.1. The topological polar surface area (TPSA) is 29.9 Å². The van der Waals surface area contributed by atoms with Crippen LogP contribution in [0.5, 0.6) is 0 Å². The lowest BCUT2D eigenvalue weighted by Crippen LogP contribution is -2.11. The van der Waals surface area contributed by atoms with Crippen molar-refractivity contribution in [3.8, 4) is 0 Å². The number of hydrogen-bond donors (Lipinski definition) is 1. The normalized spacial score (nSPS) is 10.4. The third-order valence-electron chi connectivity index (χ3n) is 2.14. The van der Waals surface area contributed by atoms with Crippen molar-refractivity contribution in [1.29, 1.82) is 0 Å². The number of benzene rings is 1. The molecule has 0 saturated heterocycles. The molecule has 0 unspecified atom stereocenters. The van der Waals surface area contributed by atoms with Gasteiger partial charge in [-0.25, -0.2) is 4.39 Å². The van der Waals surface area contributed by atoms with E-state index in [1.165, 1.54) is 12.1 Å². The molecule has 0 aliphatic heterocycles. The van der Waals surface area contributed by atoms with Crippen LogP contribution in [0.15, 0.2) is 41.1 Å². The largest absolute Gasteiger partial charge is 0.382 e. The van der Waals surface area contributed by atoms with Gasteiger partial charge in [0.25, 0.3) is 0 Å². The van der Waals surface area contributed by atoms with Gasteiger partial charge in [0.2, 0.25) is 0 Å². The van der Waals surface area contributed by atoms with Crippen LogP contribution >= 0.6 is 15.9 Å². The van der Waals surface area contributed by atoms with Gasteiger partial charge in [-0.15, -0.1) is 0 Å². The molecule has 0 saturated carbocycles. The number of anilines is 1. The van der Waals surface area contributed by atoms with Gasteiger partial charge in [0, 0.05) is 23.4 Å². The van der Waals surface area contributed by atoms with Gasteiger partial charge in [-0.2, -0.15) is 5.10 Å². The summed E-state index contributed by atoms with van der Waals surface area (Å²) < 4.78 is 15.6. The fraction of sp³-hybridized carbons (Fsp3) is 0.182. The summed E-state index contributed by atoms with van der Waals surface area (Å²) >= 11 is 3.36. The summed E-state index contributed by atoms with van der Waals surface area (Å²) in [6.07, 6.45) is 3.63. The monoisotopic (exact) mass is 283 g/mol. The van der Waals surface area contributed by atoms with Crippen molar-refractivity contribution in [3.05, 3.63) is 46.9 Å². The first-order valence-electron chi connectivity index (χ1n) is 4.92. The van der Waals surface area contributed by atoms with Crippen LogP contribution in [-0.4, -0.2) is 16.3 Å². The number of nitrogens with zero attached hydrogens (tertiary/aromatic N) is 2. The zero-order chi connectivity index (χ0) is 11.4. The van der Waals surface area contributed by atoms with E-state index in [1.54, 1.807) is 12.3 Å². The Labute approximate surface area is 101 Å². The smallest absolute Gasteiger partial charge is 0.125 e. The summed E-state index contributed by atoms with van der Waals surface area (Å²) in [6.45, 7) is 1.44. The number of hydrogen-bond acceptors (Lipinski definition) is 2. The number of nitrogens with one attached hydrogen (secondary N) is 1. The van der Waals surface area contributed by atoms with Crippen LogP contribution in [0.1, 0.15) is 0 Å². The molecule has 2 aromatic rings. The maximum absolute atomic E-state index is 13.0. The van der Waals surface area contributed by atoms with Crippen LogP contribution in [0.25, 0.3) is 0 Å². The molecule has 1 N–H and O–H groups in total. The van der Waals surface area contributed by atoms with Crippen LogP contribution in [0.3, 0.4) is 0 Å². The number of rotatable bonds is 4. The Hall–Kier alpha value is -1.36. The second kappa shape index (κ2) is 5.12. The summed E-state index contributed by atoms with van der Waals surface area (Å²) in [6, 6.07) is 6.44. The molecule has 1 aromatic heterocycles. The van der Waals surface area contributed by atoms with Gasteiger partial charge in [0.15, 0.2) is 0 Å². The van der Waals surface area contributed by atoms with Gasteiger partial charge < -0.3 is 5.32 Å². The Morgan fingerprint density at radius 2 is 2.31 bits per heavy atom. The highest BCUT2D eigenvalue weighted by Gasteiger charge is 2.00. The van der Waals surface area contributed by atoms with Crippen LogP contribution in [-0.2, 0) is 6.54 Å². The van der Waals surface area contributed by atoms with E-state index < -0.39 is 0 Å². The molecule has 2 rings (SSSR count). The maximum atomic E-state index is 13.0. The van der Waals surface area contributed by atoms with E-state index >= 15 is 0 Å². The van der Waals surface area contributed by atoms with Crippen molar-refractivity contribution < 1.29 is 4.39 Å². The minimum Gasteiger partial charge on any atom is -0.382 e. The van der Waals surface area contributed by atoms with E-state index in [1.807, 2.05) is 16.9 Å². The quantitative estimate of drug-likeness (QED) is 0.935. The van der Waals surface area contributed by atoms with Crippen LogP contribution in [0.4, 0.5) is 10.1 Å². The van der Waals surface area contributed by atoms with Crippen molar-refractivity contribution in [3.63, 3.8) is 0 Å². The fourth-order valence-corrected chi connectivity index (χ4v) is 1.76. The second-order valence-corrected chi connectivity index (χ2v) is 4.17. The first-order valence-corrected chi connectivity index (χ1v) is 5.71. The number of aromatic nitrogens is 2. The Morgan fingerprint density at radius 1 is 1.44 bits per heavy atom. The summed E-state index contributed by atoms with van der Waals surface area (Å²) in [5, 5.41) is 7.22. The summed E-state index contributed by atoms with van der Waals surface area (Å²) in [4.78, 5) is 0. The van der Waals surface area contributed by atoms with Gasteiger partial charge in [-0.05, 0) is 40.2 Å². The van der Waals surface area contributed by atoms with E-state index in [0.717, 1.165) is 16.7 Å². The molecule has 1 heterocycles. The summed E-state index contributed by atoms with van der Waals surface area (Å²) in [5.41, 5.74) is 0.757. The van der Waals surface area contributed by atoms with E-state index in [4.69, 9.17) is 0 Å². The molecule has 0 fully saturated rings. The fourth-order valence-electron chi connectivity index (χ4n) is 1.37. The van der Waals surface area contributed by atoms with E-state index in [9.17, 15) is 4.39 Å². The Kier molecular flexibility index (Phi) is 3.56. The Balaban J connectivity index is 1.92. The van der Waals surface area contributed by atoms with Crippen LogP contribution < -0.4 is 5.32 Å². The zero-order valence-corrected chi connectivity index (χ0v) is 10.1. The van der Waals surface area contributed by atoms with Crippen LogP contribution in [0.2, 0.25) is 0 Å². The SMILES string of the molecule is Fc1ccc(Br)c(NCCn2cccn2)c1. The average molecular weight is 284 g/mol. The molecule has 84 valence electrons. The molecule has 3 nitrogen and oxygen atoms in total. The molecular weight excluding hydrogens is 273 g/mol. The molecule has 0 aliphatic rings. The highest BCUT2D eigenvalue weighted by atomic mass is 79.9. The lowest BCUT2D eigenvalue weighted by atomic mass is 10.3. The van der Waals surface area contributed by atoms with Gasteiger partial charge in [0.05, 0.1) is 12.2 Å². The minimum absolute atomic E-state index is 0.246. The highest BCUT2D eigenvalue weighted by Crippen LogP contribution is 2.22. The Bertz CT molecular complexity index is 456. The first-order chi connectivity index (χ1) is 7.75. The highest BCUT2D eigenvalue weighted by molar-refractivity contribution is 9.10. The molecule has 0 radical (unpaired) electrons. The van der Waals surface area contributed by atoms with E-state index in [-0.39, 0.29) is 5.82 Å². The molecular formula is C11H11BrFN3. The minimum atomic E-state index is -0.246. The molecule has 0 amide bonds. The third kappa shape index (κ3) is 2.82. The van der Waals surface area contributed by atoms with Crippen molar-refractivity contribution >= 4 is 21.6 Å². The van der Waals surface area contributed by atoms with Gasteiger partial charge >= 0.3 is 0 Å². The molecule has 0 aliphatic carbocycles. The maximum Gasteiger partial charge on any atom is 0.125 e. The van der Waals surface area contributed by atoms with Crippen molar-refractivity contribution in [1.82, 2.24) is 9.78 Å². The lowest BCUT2D eigenvalue weighted by molar-refractivity contribution is 0.625. The Morgan fingerprint density at radius 3 is 3.06 bits per heavy atom. The zero-order valence-electron chi connectivity index (χ0n) is 8.53. The molecule has 16 heavy (non-hydrogen) atoms. The third-order valence-corrected chi connectivity index (χ3v) is 2.84. The summed E-state index contributed by atoms with van der Waals surface area (Å²) in [5.74, 6) is -0.246. The predicted molar refractivity (Wildman–Crippen MR) is 64.8 cm³/mol. The molecule has 5 heteroatoms. The average Bonchev–Trinajstić information content (AvgIpc) is 2.76. The standard InChI is InChI=1S/C11H11BrFN3/c12-10-3-2-9(13)8-11(10)14-5-7-16-6-1-4-15-16/h1-4,6,8,14H,5,7H2. The van der Waals surface area contributed by atoms with Gasteiger partial charge in [-0.3, -0.25) is 4.68 Å². The number of halogens is 2. The molecule has 0 bridgehead atoms. The van der Waals surface area contributed by atoms with E-state index in [2.05, 4.69) is 26.3 Å². The van der Waals surface area contributed by atoms with Crippen molar-refractivity contribution in [2.45, 2.75) is 6.54 Å². The van der Waals surface area contributed by atoms with Crippen molar-refractivity contribution in [2.75, 3.05) is 11.9 Å². The molecule has 0 spiro atoms. The lowest BCUT2D eigenvalue weighted by Gasteiger charge is -2.08. The molecule has 1 aromatic carbocycles. The predicted octanol–water partition coefficient (Wildman–Crippen LogP) is 2.90. The van der Waals surface area contributed by atoms with Crippen molar-refractivity contribution in [2.24, 2.45) is 0 Å². The summed E-state index contributed by atoms with van der Waals surface area (Å²) in [7, 11) is 0. The second-order valence-electron chi connectivity index (χ2n) is 3.32.